The number of rotatable bonds is 2. The number of hydrogen-bond acceptors (Lipinski definition) is 4. The molecule has 0 bridgehead atoms. The fourth-order valence-electron chi connectivity index (χ4n) is 2.79. The number of hydrogen-bond donors (Lipinski definition) is 1. The third-order valence-electron chi connectivity index (χ3n) is 3.60. The molecule has 112 valence electrons. The standard InChI is InChI=1S/C14H22N2O3S/c1-10-7-12(15)8-11(2)13(10)20(17,18)16-5-6-19-9-14(16,3)4/h7-8H,5-6,9,15H2,1-4H3. The highest BCUT2D eigenvalue weighted by Crippen LogP contribution is 2.31. The number of aryl methyl sites for hydroxylation is 2. The van der Waals surface area contributed by atoms with Crippen molar-refractivity contribution in [3.05, 3.63) is 23.3 Å². The average molecular weight is 298 g/mol. The maximum atomic E-state index is 13.0. The number of sulfonamides is 1. The van der Waals surface area contributed by atoms with Crippen LogP contribution in [0.15, 0.2) is 17.0 Å². The van der Waals surface area contributed by atoms with Crippen molar-refractivity contribution in [3.8, 4) is 0 Å². The van der Waals surface area contributed by atoms with Gasteiger partial charge in [0.2, 0.25) is 10.0 Å². The molecule has 0 amide bonds. The molecule has 1 fully saturated rings. The number of ether oxygens (including phenoxy) is 1. The van der Waals surface area contributed by atoms with E-state index >= 15 is 0 Å². The Kier molecular flexibility index (Phi) is 3.83. The van der Waals surface area contributed by atoms with Gasteiger partial charge in [-0.25, -0.2) is 8.42 Å². The molecule has 0 unspecified atom stereocenters. The van der Waals surface area contributed by atoms with Gasteiger partial charge in [-0.3, -0.25) is 0 Å². The van der Waals surface area contributed by atoms with Gasteiger partial charge >= 0.3 is 0 Å². The fourth-order valence-corrected chi connectivity index (χ4v) is 4.96. The number of anilines is 1. The van der Waals surface area contributed by atoms with Crippen molar-refractivity contribution in [2.75, 3.05) is 25.5 Å². The van der Waals surface area contributed by atoms with Crippen LogP contribution in [0.3, 0.4) is 0 Å². The van der Waals surface area contributed by atoms with Crippen molar-refractivity contribution < 1.29 is 13.2 Å². The molecule has 1 aromatic carbocycles. The summed E-state index contributed by atoms with van der Waals surface area (Å²) in [5.74, 6) is 0. The highest BCUT2D eigenvalue weighted by Gasteiger charge is 2.40. The molecule has 6 heteroatoms. The minimum absolute atomic E-state index is 0.363. The van der Waals surface area contributed by atoms with Crippen LogP contribution in [0, 0.1) is 13.8 Å². The molecular formula is C14H22N2O3S. The third-order valence-corrected chi connectivity index (χ3v) is 6.02. The second-order valence-electron chi connectivity index (χ2n) is 5.93. The first kappa shape index (κ1) is 15.3. The first-order valence-corrected chi connectivity index (χ1v) is 8.07. The van der Waals surface area contributed by atoms with E-state index in [9.17, 15) is 8.42 Å². The molecule has 2 rings (SSSR count). The Labute approximate surface area is 120 Å². The lowest BCUT2D eigenvalue weighted by atomic mass is 10.1. The summed E-state index contributed by atoms with van der Waals surface area (Å²) in [7, 11) is -3.55. The molecule has 1 aliphatic heterocycles. The summed E-state index contributed by atoms with van der Waals surface area (Å²) >= 11 is 0. The second kappa shape index (κ2) is 5.02. The van der Waals surface area contributed by atoms with E-state index in [1.807, 2.05) is 13.8 Å². The zero-order valence-electron chi connectivity index (χ0n) is 12.4. The van der Waals surface area contributed by atoms with E-state index in [1.54, 1.807) is 26.0 Å². The summed E-state index contributed by atoms with van der Waals surface area (Å²) in [6.07, 6.45) is 0. The first-order chi connectivity index (χ1) is 9.16. The molecule has 1 aromatic rings. The van der Waals surface area contributed by atoms with Crippen LogP contribution in [0.4, 0.5) is 5.69 Å². The maximum absolute atomic E-state index is 13.0. The van der Waals surface area contributed by atoms with Gasteiger partial charge in [0, 0.05) is 12.2 Å². The van der Waals surface area contributed by atoms with E-state index < -0.39 is 15.6 Å². The molecule has 5 nitrogen and oxygen atoms in total. The number of morpholine rings is 1. The monoisotopic (exact) mass is 298 g/mol. The molecule has 1 aliphatic rings. The molecule has 0 aliphatic carbocycles. The Morgan fingerprint density at radius 3 is 2.30 bits per heavy atom. The van der Waals surface area contributed by atoms with Crippen LogP contribution in [0.25, 0.3) is 0 Å². The molecule has 1 saturated heterocycles. The Hall–Kier alpha value is -1.11. The summed E-state index contributed by atoms with van der Waals surface area (Å²) in [5.41, 5.74) is 7.18. The topological polar surface area (TPSA) is 72.6 Å². The van der Waals surface area contributed by atoms with Gasteiger partial charge in [0.15, 0.2) is 0 Å². The van der Waals surface area contributed by atoms with Crippen molar-refractivity contribution >= 4 is 15.7 Å². The molecule has 0 aromatic heterocycles. The molecule has 2 N–H and O–H groups in total. The molecule has 0 radical (unpaired) electrons. The zero-order valence-corrected chi connectivity index (χ0v) is 13.3. The summed E-state index contributed by atoms with van der Waals surface area (Å²) in [4.78, 5) is 0.363. The summed E-state index contributed by atoms with van der Waals surface area (Å²) in [6.45, 7) is 8.53. The summed E-state index contributed by atoms with van der Waals surface area (Å²) in [6, 6.07) is 3.40. The van der Waals surface area contributed by atoms with E-state index in [-0.39, 0.29) is 0 Å². The van der Waals surface area contributed by atoms with Crippen molar-refractivity contribution in [2.24, 2.45) is 0 Å². The van der Waals surface area contributed by atoms with Crippen molar-refractivity contribution in [3.63, 3.8) is 0 Å². The second-order valence-corrected chi connectivity index (χ2v) is 7.73. The third kappa shape index (κ3) is 2.55. The van der Waals surface area contributed by atoms with Gasteiger partial charge in [0.25, 0.3) is 0 Å². The summed E-state index contributed by atoms with van der Waals surface area (Å²) < 4.78 is 32.9. The van der Waals surface area contributed by atoms with Gasteiger partial charge in [0.05, 0.1) is 23.6 Å². The Balaban J connectivity index is 2.56. The van der Waals surface area contributed by atoms with Crippen LogP contribution in [0.5, 0.6) is 0 Å². The lowest BCUT2D eigenvalue weighted by molar-refractivity contribution is -0.00773. The Morgan fingerprint density at radius 2 is 1.80 bits per heavy atom. The molecule has 0 spiro atoms. The van der Waals surface area contributed by atoms with Gasteiger partial charge in [-0.1, -0.05) is 0 Å². The Bertz CT molecular complexity index is 600. The number of nitrogen functional groups attached to an aromatic ring is 1. The van der Waals surface area contributed by atoms with E-state index in [1.165, 1.54) is 4.31 Å². The largest absolute Gasteiger partial charge is 0.399 e. The molecule has 1 heterocycles. The summed E-state index contributed by atoms with van der Waals surface area (Å²) in [5, 5.41) is 0. The lowest BCUT2D eigenvalue weighted by Gasteiger charge is -2.41. The minimum Gasteiger partial charge on any atom is -0.399 e. The molecule has 20 heavy (non-hydrogen) atoms. The van der Waals surface area contributed by atoms with E-state index in [4.69, 9.17) is 10.5 Å². The highest BCUT2D eigenvalue weighted by atomic mass is 32.2. The predicted octanol–water partition coefficient (Wildman–Crippen LogP) is 1.69. The van der Waals surface area contributed by atoms with Crippen LogP contribution >= 0.6 is 0 Å². The van der Waals surface area contributed by atoms with Crippen LogP contribution in [-0.2, 0) is 14.8 Å². The van der Waals surface area contributed by atoms with Crippen LogP contribution in [0.2, 0.25) is 0 Å². The van der Waals surface area contributed by atoms with Gasteiger partial charge < -0.3 is 10.5 Å². The van der Waals surface area contributed by atoms with E-state index in [0.29, 0.717) is 41.5 Å². The maximum Gasteiger partial charge on any atom is 0.244 e. The average Bonchev–Trinajstić information content (AvgIpc) is 2.25. The Morgan fingerprint density at radius 1 is 1.25 bits per heavy atom. The molecule has 0 saturated carbocycles. The predicted molar refractivity (Wildman–Crippen MR) is 79.1 cm³/mol. The normalized spacial score (nSPS) is 20.0. The number of nitrogens with zero attached hydrogens (tertiary/aromatic N) is 1. The molecule has 0 atom stereocenters. The first-order valence-electron chi connectivity index (χ1n) is 6.63. The lowest BCUT2D eigenvalue weighted by Crippen LogP contribution is -2.55. The van der Waals surface area contributed by atoms with Crippen LogP contribution in [-0.4, -0.2) is 38.0 Å². The number of benzene rings is 1. The smallest absolute Gasteiger partial charge is 0.244 e. The fraction of sp³-hybridized carbons (Fsp3) is 0.571. The SMILES string of the molecule is Cc1cc(N)cc(C)c1S(=O)(=O)N1CCOCC1(C)C. The van der Waals surface area contributed by atoms with Crippen molar-refractivity contribution in [1.29, 1.82) is 0 Å². The van der Waals surface area contributed by atoms with E-state index in [0.717, 1.165) is 0 Å². The number of nitrogens with two attached hydrogens (primary N) is 1. The van der Waals surface area contributed by atoms with Crippen LogP contribution in [0.1, 0.15) is 25.0 Å². The van der Waals surface area contributed by atoms with Gasteiger partial charge in [0.1, 0.15) is 0 Å². The van der Waals surface area contributed by atoms with Crippen molar-refractivity contribution in [2.45, 2.75) is 38.1 Å². The van der Waals surface area contributed by atoms with E-state index in [2.05, 4.69) is 0 Å². The van der Waals surface area contributed by atoms with Crippen LogP contribution < -0.4 is 5.73 Å². The highest BCUT2D eigenvalue weighted by molar-refractivity contribution is 7.89. The zero-order chi connectivity index (χ0) is 15.1. The quantitative estimate of drug-likeness (QED) is 0.843. The molecular weight excluding hydrogens is 276 g/mol. The van der Waals surface area contributed by atoms with Gasteiger partial charge in [-0.05, 0) is 51.0 Å². The van der Waals surface area contributed by atoms with Gasteiger partial charge in [-0.2, -0.15) is 4.31 Å². The van der Waals surface area contributed by atoms with Gasteiger partial charge in [-0.15, -0.1) is 0 Å². The van der Waals surface area contributed by atoms with Crippen molar-refractivity contribution in [1.82, 2.24) is 4.31 Å². The minimum atomic E-state index is -3.55.